The Labute approximate surface area is 170 Å². The molecule has 1 N–H and O–H groups in total. The molecule has 0 aliphatic carbocycles. The standard InChI is InChI=1S/C22H25ClFN3O/c1-16-14-27(22-7-6-19(24)13-20(22)23)25-21(16)12-17-4-2-3-5-18(17)15-26-8-10-28-11-9-26/h2-7,13-14,21,25H,8-12,15H2,1H3. The average molecular weight is 402 g/mol. The van der Waals surface area contributed by atoms with Gasteiger partial charge in [0.2, 0.25) is 0 Å². The van der Waals surface area contributed by atoms with Crippen LogP contribution in [0.3, 0.4) is 0 Å². The molecule has 148 valence electrons. The molecule has 0 aromatic heterocycles. The van der Waals surface area contributed by atoms with Gasteiger partial charge in [-0.15, -0.1) is 0 Å². The quantitative estimate of drug-likeness (QED) is 0.814. The number of hydrogen-bond donors (Lipinski definition) is 1. The Balaban J connectivity index is 1.47. The molecular formula is C22H25ClFN3O. The fraction of sp³-hybridized carbons (Fsp3) is 0.364. The number of nitrogens with zero attached hydrogens (tertiary/aromatic N) is 2. The van der Waals surface area contributed by atoms with E-state index in [2.05, 4.69) is 41.5 Å². The zero-order valence-electron chi connectivity index (χ0n) is 16.0. The van der Waals surface area contributed by atoms with Crippen molar-refractivity contribution >= 4 is 17.3 Å². The SMILES string of the molecule is CC1=CN(c2ccc(F)cc2Cl)NC1Cc1ccccc1CN1CCOCC1. The normalized spacial score (nSPS) is 20.5. The molecule has 4 nitrogen and oxygen atoms in total. The van der Waals surface area contributed by atoms with E-state index in [1.165, 1.54) is 28.8 Å². The van der Waals surface area contributed by atoms with Gasteiger partial charge in [-0.2, -0.15) is 0 Å². The van der Waals surface area contributed by atoms with Crippen LogP contribution in [-0.4, -0.2) is 37.2 Å². The highest BCUT2D eigenvalue weighted by Gasteiger charge is 2.24. The van der Waals surface area contributed by atoms with Gasteiger partial charge < -0.3 is 4.74 Å². The third-order valence-electron chi connectivity index (χ3n) is 5.39. The van der Waals surface area contributed by atoms with Crippen LogP contribution in [0, 0.1) is 5.82 Å². The maximum atomic E-state index is 13.4. The molecule has 0 saturated carbocycles. The third kappa shape index (κ3) is 4.39. The molecule has 1 saturated heterocycles. The van der Waals surface area contributed by atoms with E-state index in [0.29, 0.717) is 5.02 Å². The van der Waals surface area contributed by atoms with Gasteiger partial charge in [-0.3, -0.25) is 9.91 Å². The lowest BCUT2D eigenvalue weighted by Gasteiger charge is -2.28. The van der Waals surface area contributed by atoms with Crippen LogP contribution in [-0.2, 0) is 17.7 Å². The van der Waals surface area contributed by atoms with E-state index < -0.39 is 0 Å². The Morgan fingerprint density at radius 3 is 2.64 bits per heavy atom. The van der Waals surface area contributed by atoms with Gasteiger partial charge in [-0.1, -0.05) is 35.9 Å². The maximum Gasteiger partial charge on any atom is 0.124 e. The fourth-order valence-corrected chi connectivity index (χ4v) is 4.01. The summed E-state index contributed by atoms with van der Waals surface area (Å²) >= 11 is 6.23. The Bertz CT molecular complexity index is 867. The summed E-state index contributed by atoms with van der Waals surface area (Å²) in [5.41, 5.74) is 8.17. The molecular weight excluding hydrogens is 377 g/mol. The van der Waals surface area contributed by atoms with Crippen molar-refractivity contribution in [3.8, 4) is 0 Å². The van der Waals surface area contributed by atoms with Crippen molar-refractivity contribution in [1.29, 1.82) is 0 Å². The summed E-state index contributed by atoms with van der Waals surface area (Å²) in [6.45, 7) is 6.63. The van der Waals surface area contributed by atoms with Crippen LogP contribution in [0.4, 0.5) is 10.1 Å². The van der Waals surface area contributed by atoms with E-state index in [1.807, 2.05) is 11.2 Å². The molecule has 2 aromatic rings. The number of hydrazine groups is 1. The van der Waals surface area contributed by atoms with Crippen LogP contribution in [0.1, 0.15) is 18.1 Å². The molecule has 0 radical (unpaired) electrons. The van der Waals surface area contributed by atoms with Gasteiger partial charge in [0.05, 0.1) is 30.0 Å². The first-order valence-electron chi connectivity index (χ1n) is 9.66. The fourth-order valence-electron chi connectivity index (χ4n) is 3.75. The molecule has 2 aromatic carbocycles. The minimum atomic E-state index is -0.331. The minimum Gasteiger partial charge on any atom is -0.379 e. The van der Waals surface area contributed by atoms with Crippen molar-refractivity contribution in [1.82, 2.24) is 10.3 Å². The van der Waals surface area contributed by atoms with Crippen LogP contribution in [0.25, 0.3) is 0 Å². The summed E-state index contributed by atoms with van der Waals surface area (Å²) in [5, 5.41) is 2.29. The molecule has 6 heteroatoms. The number of nitrogens with one attached hydrogen (secondary N) is 1. The average Bonchev–Trinajstić information content (AvgIpc) is 3.04. The van der Waals surface area contributed by atoms with E-state index >= 15 is 0 Å². The second kappa shape index (κ2) is 8.62. The summed E-state index contributed by atoms with van der Waals surface area (Å²) < 4.78 is 18.8. The molecule has 1 unspecified atom stereocenters. The summed E-state index contributed by atoms with van der Waals surface area (Å²) in [6, 6.07) is 13.3. The summed E-state index contributed by atoms with van der Waals surface area (Å²) in [7, 11) is 0. The molecule has 2 heterocycles. The first-order valence-corrected chi connectivity index (χ1v) is 10.0. The highest BCUT2D eigenvalue weighted by atomic mass is 35.5. The zero-order chi connectivity index (χ0) is 19.5. The summed E-state index contributed by atoms with van der Waals surface area (Å²) in [6.07, 6.45) is 2.92. The van der Waals surface area contributed by atoms with Gasteiger partial charge in [0.25, 0.3) is 0 Å². The predicted molar refractivity (Wildman–Crippen MR) is 111 cm³/mol. The van der Waals surface area contributed by atoms with E-state index in [0.717, 1.165) is 45.0 Å². The number of morpholine rings is 1. The Morgan fingerprint density at radius 2 is 1.89 bits per heavy atom. The van der Waals surface area contributed by atoms with Crippen molar-refractivity contribution in [2.24, 2.45) is 0 Å². The van der Waals surface area contributed by atoms with Gasteiger partial charge >= 0.3 is 0 Å². The van der Waals surface area contributed by atoms with Crippen molar-refractivity contribution in [3.63, 3.8) is 0 Å². The molecule has 4 rings (SSSR count). The lowest BCUT2D eigenvalue weighted by molar-refractivity contribution is 0.0340. The van der Waals surface area contributed by atoms with Gasteiger partial charge in [0, 0.05) is 25.8 Å². The predicted octanol–water partition coefficient (Wildman–Crippen LogP) is 4.15. The minimum absolute atomic E-state index is 0.173. The van der Waals surface area contributed by atoms with Crippen LogP contribution < -0.4 is 10.4 Å². The lowest BCUT2D eigenvalue weighted by Crippen LogP contribution is -2.38. The molecule has 2 aliphatic rings. The molecule has 2 aliphatic heterocycles. The number of benzene rings is 2. The molecule has 1 fully saturated rings. The van der Waals surface area contributed by atoms with E-state index in [-0.39, 0.29) is 11.9 Å². The molecule has 0 amide bonds. The van der Waals surface area contributed by atoms with Crippen molar-refractivity contribution in [3.05, 3.63) is 76.2 Å². The highest BCUT2D eigenvalue weighted by molar-refractivity contribution is 6.33. The molecule has 28 heavy (non-hydrogen) atoms. The zero-order valence-corrected chi connectivity index (χ0v) is 16.8. The van der Waals surface area contributed by atoms with Crippen LogP contribution in [0.15, 0.2) is 54.2 Å². The Kier molecular flexibility index (Phi) is 5.97. The van der Waals surface area contributed by atoms with Crippen molar-refractivity contribution in [2.45, 2.75) is 25.9 Å². The number of halogens is 2. The first kappa shape index (κ1) is 19.4. The van der Waals surface area contributed by atoms with Gasteiger partial charge in [-0.05, 0) is 48.2 Å². The molecule has 0 spiro atoms. The van der Waals surface area contributed by atoms with Crippen LogP contribution >= 0.6 is 11.6 Å². The first-order chi connectivity index (χ1) is 13.6. The molecule has 0 bridgehead atoms. The summed E-state index contributed by atoms with van der Waals surface area (Å²) in [5.74, 6) is -0.331. The number of anilines is 1. The Morgan fingerprint density at radius 1 is 1.14 bits per heavy atom. The maximum absolute atomic E-state index is 13.4. The number of hydrogen-bond acceptors (Lipinski definition) is 4. The van der Waals surface area contributed by atoms with Gasteiger partial charge in [-0.25, -0.2) is 9.82 Å². The lowest BCUT2D eigenvalue weighted by atomic mass is 9.97. The van der Waals surface area contributed by atoms with Crippen LogP contribution in [0.2, 0.25) is 5.02 Å². The third-order valence-corrected chi connectivity index (χ3v) is 5.69. The van der Waals surface area contributed by atoms with Crippen LogP contribution in [0.5, 0.6) is 0 Å². The monoisotopic (exact) mass is 401 g/mol. The van der Waals surface area contributed by atoms with Gasteiger partial charge in [0.1, 0.15) is 5.82 Å². The van der Waals surface area contributed by atoms with Gasteiger partial charge in [0.15, 0.2) is 0 Å². The molecule has 1 atom stereocenters. The van der Waals surface area contributed by atoms with E-state index in [1.54, 1.807) is 6.07 Å². The number of ether oxygens (including phenoxy) is 1. The largest absolute Gasteiger partial charge is 0.379 e. The highest BCUT2D eigenvalue weighted by Crippen LogP contribution is 2.30. The summed E-state index contributed by atoms with van der Waals surface area (Å²) in [4.78, 5) is 2.44. The number of rotatable bonds is 5. The Hall–Kier alpha value is -1.92. The topological polar surface area (TPSA) is 27.7 Å². The van der Waals surface area contributed by atoms with E-state index in [9.17, 15) is 4.39 Å². The second-order valence-electron chi connectivity index (χ2n) is 7.38. The second-order valence-corrected chi connectivity index (χ2v) is 7.79. The van der Waals surface area contributed by atoms with Crippen molar-refractivity contribution < 1.29 is 9.13 Å². The smallest absolute Gasteiger partial charge is 0.124 e. The van der Waals surface area contributed by atoms with Crippen molar-refractivity contribution in [2.75, 3.05) is 31.3 Å². The van der Waals surface area contributed by atoms with E-state index in [4.69, 9.17) is 16.3 Å².